The maximum Gasteiger partial charge on any atom is 0.269 e. The van der Waals surface area contributed by atoms with Gasteiger partial charge >= 0.3 is 0 Å². The third kappa shape index (κ3) is 4.64. The van der Waals surface area contributed by atoms with Crippen molar-refractivity contribution in [2.75, 3.05) is 11.9 Å². The molecule has 0 radical (unpaired) electrons. The van der Waals surface area contributed by atoms with Crippen LogP contribution in [0.2, 0.25) is 0 Å². The Hall–Kier alpha value is -4.44. The lowest BCUT2D eigenvalue weighted by Crippen LogP contribution is -2.28. The van der Waals surface area contributed by atoms with Crippen molar-refractivity contribution in [3.63, 3.8) is 0 Å². The molecule has 4 aromatic rings. The van der Waals surface area contributed by atoms with E-state index in [9.17, 15) is 10.1 Å². The van der Waals surface area contributed by atoms with Gasteiger partial charge in [-0.3, -0.25) is 10.1 Å². The zero-order chi connectivity index (χ0) is 28.7. The molecular weight excluding hydrogens is 492 g/mol. The van der Waals surface area contributed by atoms with Gasteiger partial charge in [0.2, 0.25) is 0 Å². The monoisotopic (exact) mass is 528 g/mol. The molecule has 0 fully saturated rings. The largest absolute Gasteiger partial charge is 0.347 e. The number of nitro groups is 1. The van der Waals surface area contributed by atoms with E-state index in [-0.39, 0.29) is 16.0 Å². The lowest BCUT2D eigenvalue weighted by molar-refractivity contribution is -0.384. The zero-order valence-electron chi connectivity index (χ0n) is 23.9. The second-order valence-electron chi connectivity index (χ2n) is 11.6. The highest BCUT2D eigenvalue weighted by atomic mass is 16.6. The summed E-state index contributed by atoms with van der Waals surface area (Å²) >= 11 is 0. The average Bonchev–Trinajstić information content (AvgIpc) is 3.14. The van der Waals surface area contributed by atoms with Crippen LogP contribution in [0.1, 0.15) is 43.0 Å². The number of hydrogen-bond donors (Lipinski definition) is 0. The number of nitrogens with zero attached hydrogens (tertiary/aromatic N) is 2. The first kappa shape index (κ1) is 27.1. The Bertz CT molecular complexity index is 1680. The highest BCUT2D eigenvalue weighted by Crippen LogP contribution is 2.50. The molecule has 4 nitrogen and oxygen atoms in total. The minimum atomic E-state index is -0.440. The molecule has 1 aliphatic rings. The molecule has 202 valence electrons. The predicted octanol–water partition coefficient (Wildman–Crippen LogP) is 8.98. The fourth-order valence-corrected chi connectivity index (χ4v) is 6.33. The number of likely N-dealkylation sites (N-methyl/N-ethyl adjacent to an activating group) is 1. The standard InChI is InChI=1S/C36H36N2O2/c1-25-19-20-28-16-10-11-17-30(28)34(25)35(3,4)26(2)13-12-18-33-36(5,24-27-14-8-7-9-15-27)31-23-29(38(39)40)21-22-32(31)37(33)6/h7-23H,2,24H2,1,3-6H3/b13-12+,33-18+. The number of non-ortho nitro benzene ring substituents is 1. The minimum absolute atomic E-state index is 0.115. The van der Waals surface area contributed by atoms with Crippen LogP contribution < -0.4 is 4.90 Å². The Morgan fingerprint density at radius 3 is 2.45 bits per heavy atom. The molecule has 0 spiro atoms. The highest BCUT2D eigenvalue weighted by molar-refractivity contribution is 5.88. The van der Waals surface area contributed by atoms with Crippen LogP contribution in [0.15, 0.2) is 121 Å². The van der Waals surface area contributed by atoms with E-state index in [1.807, 2.05) is 31.3 Å². The van der Waals surface area contributed by atoms with E-state index in [0.29, 0.717) is 0 Å². The first-order valence-corrected chi connectivity index (χ1v) is 13.7. The Morgan fingerprint density at radius 1 is 1.02 bits per heavy atom. The maximum atomic E-state index is 11.7. The van der Waals surface area contributed by atoms with E-state index >= 15 is 0 Å². The number of rotatable bonds is 7. The Kier molecular flexibility index (Phi) is 6.97. The van der Waals surface area contributed by atoms with Gasteiger partial charge in [0.15, 0.2) is 0 Å². The van der Waals surface area contributed by atoms with Crippen molar-refractivity contribution >= 4 is 22.1 Å². The second-order valence-corrected chi connectivity index (χ2v) is 11.6. The van der Waals surface area contributed by atoms with Gasteiger partial charge in [-0.15, -0.1) is 0 Å². The smallest absolute Gasteiger partial charge is 0.269 e. The van der Waals surface area contributed by atoms with E-state index in [2.05, 4.69) is 106 Å². The van der Waals surface area contributed by atoms with Gasteiger partial charge in [-0.1, -0.05) is 99.3 Å². The van der Waals surface area contributed by atoms with Crippen LogP contribution in [0.5, 0.6) is 0 Å². The third-order valence-corrected chi connectivity index (χ3v) is 8.59. The molecule has 0 bridgehead atoms. The van der Waals surface area contributed by atoms with Gasteiger partial charge in [0, 0.05) is 41.4 Å². The number of allylic oxidation sites excluding steroid dienone is 5. The number of hydrogen-bond acceptors (Lipinski definition) is 3. The molecule has 0 amide bonds. The molecule has 0 aromatic heterocycles. The van der Waals surface area contributed by atoms with Gasteiger partial charge in [0.05, 0.1) is 4.92 Å². The van der Waals surface area contributed by atoms with Crippen molar-refractivity contribution in [1.29, 1.82) is 0 Å². The topological polar surface area (TPSA) is 46.4 Å². The molecule has 0 N–H and O–H groups in total. The van der Waals surface area contributed by atoms with Crippen LogP contribution in [0, 0.1) is 17.0 Å². The van der Waals surface area contributed by atoms with Crippen LogP contribution in [0.4, 0.5) is 11.4 Å². The number of anilines is 1. The van der Waals surface area contributed by atoms with Gasteiger partial charge in [-0.05, 0) is 71.0 Å². The quantitative estimate of drug-likeness (QED) is 0.137. The molecule has 0 saturated carbocycles. The second kappa shape index (κ2) is 10.3. The van der Waals surface area contributed by atoms with Crippen LogP contribution >= 0.6 is 0 Å². The molecular formula is C36H36N2O2. The molecule has 5 rings (SSSR count). The molecule has 0 aliphatic carbocycles. The van der Waals surface area contributed by atoms with E-state index in [1.54, 1.807) is 12.1 Å². The van der Waals surface area contributed by atoms with Crippen molar-refractivity contribution in [3.05, 3.63) is 153 Å². The fraction of sp³-hybridized carbons (Fsp3) is 0.222. The zero-order valence-corrected chi connectivity index (χ0v) is 23.9. The van der Waals surface area contributed by atoms with Crippen LogP contribution in [0.3, 0.4) is 0 Å². The highest BCUT2D eigenvalue weighted by Gasteiger charge is 2.43. The van der Waals surface area contributed by atoms with Gasteiger partial charge in [0.25, 0.3) is 5.69 Å². The Labute approximate surface area is 237 Å². The molecule has 1 heterocycles. The number of nitro benzene ring substituents is 1. The van der Waals surface area contributed by atoms with Gasteiger partial charge in [-0.25, -0.2) is 0 Å². The molecule has 4 aromatic carbocycles. The van der Waals surface area contributed by atoms with Crippen molar-refractivity contribution in [2.24, 2.45) is 0 Å². The Morgan fingerprint density at radius 2 is 1.73 bits per heavy atom. The molecule has 1 aliphatic heterocycles. The van der Waals surface area contributed by atoms with Crippen LogP contribution in [-0.2, 0) is 17.3 Å². The number of aryl methyl sites for hydroxylation is 1. The van der Waals surface area contributed by atoms with Crippen molar-refractivity contribution in [3.8, 4) is 0 Å². The predicted molar refractivity (Wildman–Crippen MR) is 167 cm³/mol. The first-order chi connectivity index (χ1) is 19.0. The lowest BCUT2D eigenvalue weighted by atomic mass is 9.74. The van der Waals surface area contributed by atoms with Gasteiger partial charge in [-0.2, -0.15) is 0 Å². The van der Waals surface area contributed by atoms with Crippen molar-refractivity contribution < 1.29 is 4.92 Å². The summed E-state index contributed by atoms with van der Waals surface area (Å²) < 4.78 is 0. The lowest BCUT2D eigenvalue weighted by Gasteiger charge is -2.30. The van der Waals surface area contributed by atoms with E-state index in [1.165, 1.54) is 27.5 Å². The summed E-state index contributed by atoms with van der Waals surface area (Å²) in [5.74, 6) is 0. The van der Waals surface area contributed by atoms with Crippen LogP contribution in [-0.4, -0.2) is 12.0 Å². The SMILES string of the molecule is C=C(/C=C/C=C1/N(C)c2ccc([N+](=O)[O-])cc2C1(C)Cc1ccccc1)C(C)(C)c1c(C)ccc2ccccc12. The summed E-state index contributed by atoms with van der Waals surface area (Å²) in [5.41, 5.74) is 7.20. The summed E-state index contributed by atoms with van der Waals surface area (Å²) in [7, 11) is 2.04. The minimum Gasteiger partial charge on any atom is -0.347 e. The number of benzene rings is 4. The normalized spacial score (nSPS) is 18.0. The van der Waals surface area contributed by atoms with Crippen molar-refractivity contribution in [1.82, 2.24) is 0 Å². The summed E-state index contributed by atoms with van der Waals surface area (Å²) in [6.07, 6.45) is 7.07. The molecule has 0 saturated heterocycles. The third-order valence-electron chi connectivity index (χ3n) is 8.59. The Balaban J connectivity index is 1.54. The molecule has 1 atom stereocenters. The summed E-state index contributed by atoms with van der Waals surface area (Å²) in [6.45, 7) is 13.3. The van der Waals surface area contributed by atoms with E-state index in [4.69, 9.17) is 0 Å². The molecule has 4 heteroatoms. The van der Waals surface area contributed by atoms with Crippen molar-refractivity contribution in [2.45, 2.75) is 44.9 Å². The molecule has 40 heavy (non-hydrogen) atoms. The molecule has 1 unspecified atom stereocenters. The number of fused-ring (bicyclic) bond motifs is 2. The average molecular weight is 529 g/mol. The summed E-state index contributed by atoms with van der Waals surface area (Å²) in [4.78, 5) is 13.5. The van der Waals surface area contributed by atoms with Gasteiger partial charge in [0.1, 0.15) is 0 Å². The van der Waals surface area contributed by atoms with E-state index < -0.39 is 5.41 Å². The maximum absolute atomic E-state index is 11.7. The van der Waals surface area contributed by atoms with E-state index in [0.717, 1.165) is 28.9 Å². The van der Waals surface area contributed by atoms with Gasteiger partial charge < -0.3 is 4.90 Å². The summed E-state index contributed by atoms with van der Waals surface area (Å²) in [6, 6.07) is 28.4. The first-order valence-electron chi connectivity index (χ1n) is 13.7. The summed E-state index contributed by atoms with van der Waals surface area (Å²) in [5, 5.41) is 14.1. The fourth-order valence-electron chi connectivity index (χ4n) is 6.33. The van der Waals surface area contributed by atoms with Crippen LogP contribution in [0.25, 0.3) is 10.8 Å².